The lowest BCUT2D eigenvalue weighted by Gasteiger charge is -2.15. The first-order valence-corrected chi connectivity index (χ1v) is 8.15. The SMILES string of the molecule is CCCC(CCO)CNC(=O)Cc1c[nH]c2cc(Cl)ccc12. The molecule has 1 amide bonds. The first-order valence-electron chi connectivity index (χ1n) is 7.77. The highest BCUT2D eigenvalue weighted by Gasteiger charge is 2.12. The van der Waals surface area contributed by atoms with Gasteiger partial charge in [-0.25, -0.2) is 0 Å². The first-order chi connectivity index (χ1) is 10.6. The number of hydrogen-bond acceptors (Lipinski definition) is 2. The van der Waals surface area contributed by atoms with E-state index in [1.54, 1.807) is 0 Å². The van der Waals surface area contributed by atoms with Gasteiger partial charge in [0.1, 0.15) is 0 Å². The molecule has 1 aromatic heterocycles. The molecule has 0 spiro atoms. The molecule has 2 aromatic rings. The molecule has 2 rings (SSSR count). The molecule has 3 N–H and O–H groups in total. The van der Waals surface area contributed by atoms with Crippen molar-refractivity contribution in [1.82, 2.24) is 10.3 Å². The summed E-state index contributed by atoms with van der Waals surface area (Å²) < 4.78 is 0. The summed E-state index contributed by atoms with van der Waals surface area (Å²) in [5.41, 5.74) is 1.91. The Kier molecular flexibility index (Phi) is 6.28. The van der Waals surface area contributed by atoms with Crippen molar-refractivity contribution < 1.29 is 9.90 Å². The van der Waals surface area contributed by atoms with E-state index < -0.39 is 0 Å². The van der Waals surface area contributed by atoms with E-state index in [-0.39, 0.29) is 12.5 Å². The van der Waals surface area contributed by atoms with Gasteiger partial charge in [0.25, 0.3) is 0 Å². The Labute approximate surface area is 135 Å². The molecule has 1 atom stereocenters. The monoisotopic (exact) mass is 322 g/mol. The van der Waals surface area contributed by atoms with Crippen LogP contribution in [0.4, 0.5) is 0 Å². The molecule has 0 saturated heterocycles. The molecule has 5 heteroatoms. The van der Waals surface area contributed by atoms with Gasteiger partial charge in [-0.2, -0.15) is 0 Å². The maximum Gasteiger partial charge on any atom is 0.224 e. The molecular formula is C17H23ClN2O2. The van der Waals surface area contributed by atoms with Crippen LogP contribution in [0.1, 0.15) is 31.7 Å². The maximum absolute atomic E-state index is 12.1. The summed E-state index contributed by atoms with van der Waals surface area (Å²) in [6.07, 6.45) is 5.02. The number of halogens is 1. The van der Waals surface area contributed by atoms with Crippen molar-refractivity contribution >= 4 is 28.4 Å². The highest BCUT2D eigenvalue weighted by atomic mass is 35.5. The van der Waals surface area contributed by atoms with Crippen molar-refractivity contribution in [2.75, 3.05) is 13.2 Å². The average molecular weight is 323 g/mol. The minimum Gasteiger partial charge on any atom is -0.396 e. The minimum absolute atomic E-state index is 0.00916. The average Bonchev–Trinajstić information content (AvgIpc) is 2.87. The van der Waals surface area contributed by atoms with E-state index in [1.807, 2.05) is 24.4 Å². The Morgan fingerprint density at radius 2 is 2.23 bits per heavy atom. The van der Waals surface area contributed by atoms with Gasteiger partial charge in [0.05, 0.1) is 6.42 Å². The summed E-state index contributed by atoms with van der Waals surface area (Å²) >= 11 is 5.96. The number of aliphatic hydroxyl groups is 1. The van der Waals surface area contributed by atoms with E-state index >= 15 is 0 Å². The number of amides is 1. The van der Waals surface area contributed by atoms with Crippen molar-refractivity contribution in [3.8, 4) is 0 Å². The predicted octanol–water partition coefficient (Wildman–Crippen LogP) is 3.28. The number of benzene rings is 1. The highest BCUT2D eigenvalue weighted by molar-refractivity contribution is 6.31. The van der Waals surface area contributed by atoms with Crippen molar-refractivity contribution in [3.05, 3.63) is 35.0 Å². The van der Waals surface area contributed by atoms with Crippen LogP contribution >= 0.6 is 11.6 Å². The van der Waals surface area contributed by atoms with Gasteiger partial charge in [0.2, 0.25) is 5.91 Å². The Bertz CT molecular complexity index is 618. The Morgan fingerprint density at radius 3 is 2.95 bits per heavy atom. The predicted molar refractivity (Wildman–Crippen MR) is 90.1 cm³/mol. The fraction of sp³-hybridized carbons (Fsp3) is 0.471. The third-order valence-corrected chi connectivity index (χ3v) is 4.14. The van der Waals surface area contributed by atoms with Crippen LogP contribution in [0.5, 0.6) is 0 Å². The number of carbonyl (C=O) groups is 1. The molecule has 0 saturated carbocycles. The molecular weight excluding hydrogens is 300 g/mol. The standard InChI is InChI=1S/C17H23ClN2O2/c1-2-3-12(6-7-21)10-20-17(22)8-13-11-19-16-9-14(18)4-5-15(13)16/h4-5,9,11-12,19,21H,2-3,6-8,10H2,1H3,(H,20,22). The molecule has 0 bridgehead atoms. The lowest BCUT2D eigenvalue weighted by atomic mass is 10.00. The Balaban J connectivity index is 1.93. The van der Waals surface area contributed by atoms with Gasteiger partial charge in [-0.1, -0.05) is 31.0 Å². The van der Waals surface area contributed by atoms with Crippen LogP contribution in [-0.4, -0.2) is 29.1 Å². The van der Waals surface area contributed by atoms with Gasteiger partial charge < -0.3 is 15.4 Å². The van der Waals surface area contributed by atoms with E-state index in [4.69, 9.17) is 16.7 Å². The van der Waals surface area contributed by atoms with Crippen LogP contribution in [0.3, 0.4) is 0 Å². The third-order valence-electron chi connectivity index (χ3n) is 3.90. The highest BCUT2D eigenvalue weighted by Crippen LogP contribution is 2.22. The minimum atomic E-state index is 0.00916. The molecule has 0 fully saturated rings. The van der Waals surface area contributed by atoms with Gasteiger partial charge in [0.15, 0.2) is 0 Å². The number of aliphatic hydroxyl groups excluding tert-OH is 1. The molecule has 4 nitrogen and oxygen atoms in total. The summed E-state index contributed by atoms with van der Waals surface area (Å²) in [7, 11) is 0. The summed E-state index contributed by atoms with van der Waals surface area (Å²) in [5, 5.41) is 13.7. The maximum atomic E-state index is 12.1. The van der Waals surface area contributed by atoms with Crippen molar-refractivity contribution in [2.45, 2.75) is 32.6 Å². The number of nitrogens with one attached hydrogen (secondary N) is 2. The number of H-pyrrole nitrogens is 1. The van der Waals surface area contributed by atoms with Crippen LogP contribution in [0.15, 0.2) is 24.4 Å². The summed E-state index contributed by atoms with van der Waals surface area (Å²) in [5.74, 6) is 0.357. The zero-order valence-corrected chi connectivity index (χ0v) is 13.6. The number of hydrogen-bond donors (Lipinski definition) is 3. The molecule has 1 heterocycles. The smallest absolute Gasteiger partial charge is 0.224 e. The summed E-state index contributed by atoms with van der Waals surface area (Å²) in [6, 6.07) is 5.62. The second-order valence-corrected chi connectivity index (χ2v) is 6.09. The van der Waals surface area contributed by atoms with E-state index in [2.05, 4.69) is 17.2 Å². The van der Waals surface area contributed by atoms with E-state index in [9.17, 15) is 4.79 Å². The van der Waals surface area contributed by atoms with Gasteiger partial charge in [0, 0.05) is 35.3 Å². The van der Waals surface area contributed by atoms with Crippen LogP contribution in [-0.2, 0) is 11.2 Å². The third kappa shape index (κ3) is 4.49. The first kappa shape index (κ1) is 16.8. The molecule has 120 valence electrons. The molecule has 22 heavy (non-hydrogen) atoms. The largest absolute Gasteiger partial charge is 0.396 e. The molecule has 1 unspecified atom stereocenters. The van der Waals surface area contributed by atoms with Gasteiger partial charge in [-0.05, 0) is 36.5 Å². The zero-order valence-electron chi connectivity index (χ0n) is 12.9. The molecule has 1 aromatic carbocycles. The van der Waals surface area contributed by atoms with Crippen LogP contribution < -0.4 is 5.32 Å². The van der Waals surface area contributed by atoms with Gasteiger partial charge in [-0.15, -0.1) is 0 Å². The Morgan fingerprint density at radius 1 is 1.41 bits per heavy atom. The number of aromatic amines is 1. The molecule has 0 radical (unpaired) electrons. The number of fused-ring (bicyclic) bond motifs is 1. The number of aromatic nitrogens is 1. The van der Waals surface area contributed by atoms with E-state index in [0.717, 1.165) is 35.7 Å². The van der Waals surface area contributed by atoms with Crippen molar-refractivity contribution in [2.24, 2.45) is 5.92 Å². The second-order valence-electron chi connectivity index (χ2n) is 5.65. The fourth-order valence-corrected chi connectivity index (χ4v) is 2.91. The topological polar surface area (TPSA) is 65.1 Å². The normalized spacial score (nSPS) is 12.5. The number of rotatable bonds is 8. The van der Waals surface area contributed by atoms with Crippen LogP contribution in [0.2, 0.25) is 5.02 Å². The quantitative estimate of drug-likeness (QED) is 0.698. The molecule has 0 aliphatic rings. The fourth-order valence-electron chi connectivity index (χ4n) is 2.74. The summed E-state index contributed by atoms with van der Waals surface area (Å²) in [6.45, 7) is 2.91. The van der Waals surface area contributed by atoms with Crippen LogP contribution in [0.25, 0.3) is 10.9 Å². The molecule has 0 aliphatic carbocycles. The lowest BCUT2D eigenvalue weighted by molar-refractivity contribution is -0.120. The van der Waals surface area contributed by atoms with E-state index in [1.165, 1.54) is 0 Å². The van der Waals surface area contributed by atoms with E-state index in [0.29, 0.717) is 23.9 Å². The number of carbonyl (C=O) groups excluding carboxylic acids is 1. The van der Waals surface area contributed by atoms with Crippen LogP contribution in [0, 0.1) is 5.92 Å². The van der Waals surface area contributed by atoms with Crippen molar-refractivity contribution in [3.63, 3.8) is 0 Å². The lowest BCUT2D eigenvalue weighted by Crippen LogP contribution is -2.30. The summed E-state index contributed by atoms with van der Waals surface area (Å²) in [4.78, 5) is 15.3. The molecule has 0 aliphatic heterocycles. The Hall–Kier alpha value is -1.52. The van der Waals surface area contributed by atoms with Gasteiger partial charge in [-0.3, -0.25) is 4.79 Å². The van der Waals surface area contributed by atoms with Crippen molar-refractivity contribution in [1.29, 1.82) is 0 Å². The zero-order chi connectivity index (χ0) is 15.9. The second kappa shape index (κ2) is 8.20. The van der Waals surface area contributed by atoms with Gasteiger partial charge >= 0.3 is 0 Å².